The minimum atomic E-state index is -0.532. The average molecular weight is 397 g/mol. The lowest BCUT2D eigenvalue weighted by molar-refractivity contribution is -0.129. The van der Waals surface area contributed by atoms with Gasteiger partial charge in [0.25, 0.3) is 11.8 Å². The second kappa shape index (κ2) is 9.59. The first kappa shape index (κ1) is 20.2. The van der Waals surface area contributed by atoms with Gasteiger partial charge in [-0.2, -0.15) is 0 Å². The highest BCUT2D eigenvalue weighted by Crippen LogP contribution is 2.30. The Hall–Kier alpha value is -3.55. The lowest BCUT2D eigenvalue weighted by Gasteiger charge is -2.21. The molecule has 8 heteroatoms. The van der Waals surface area contributed by atoms with Crippen molar-refractivity contribution in [2.45, 2.75) is 19.8 Å². The van der Waals surface area contributed by atoms with Crippen molar-refractivity contribution in [2.75, 3.05) is 24.7 Å². The molecule has 0 unspecified atom stereocenters. The summed E-state index contributed by atoms with van der Waals surface area (Å²) in [4.78, 5) is 37.8. The van der Waals surface area contributed by atoms with E-state index in [2.05, 4.69) is 17.8 Å². The molecule has 1 heterocycles. The molecule has 2 N–H and O–H groups in total. The fraction of sp³-hybridized carbons (Fsp3) is 0.286. The van der Waals surface area contributed by atoms with Gasteiger partial charge in [-0.3, -0.25) is 30.1 Å². The van der Waals surface area contributed by atoms with Gasteiger partial charge in [-0.25, -0.2) is 0 Å². The number of para-hydroxylation sites is 2. The molecule has 1 aliphatic rings. The van der Waals surface area contributed by atoms with Gasteiger partial charge in [0.1, 0.15) is 18.0 Å². The average Bonchev–Trinajstić information content (AvgIpc) is 2.90. The summed E-state index contributed by atoms with van der Waals surface area (Å²) in [6, 6.07) is 14.4. The van der Waals surface area contributed by atoms with E-state index in [0.717, 1.165) is 6.42 Å². The molecule has 29 heavy (non-hydrogen) atoms. The Kier molecular flexibility index (Phi) is 6.67. The Morgan fingerprint density at radius 1 is 1.07 bits per heavy atom. The van der Waals surface area contributed by atoms with Gasteiger partial charge in [-0.05, 0) is 36.2 Å². The first-order valence-electron chi connectivity index (χ1n) is 9.38. The summed E-state index contributed by atoms with van der Waals surface area (Å²) >= 11 is 0. The molecule has 2 aromatic rings. The second-order valence-corrected chi connectivity index (χ2v) is 6.43. The summed E-state index contributed by atoms with van der Waals surface area (Å²) in [5, 5.41) is 0. The predicted octanol–water partition coefficient (Wildman–Crippen LogP) is 1.59. The van der Waals surface area contributed by atoms with Gasteiger partial charge in [-0.15, -0.1) is 0 Å². The molecule has 2 aromatic carbocycles. The van der Waals surface area contributed by atoms with Crippen LogP contribution in [0.15, 0.2) is 48.5 Å². The number of nitrogens with one attached hydrogen (secondary N) is 2. The molecule has 0 atom stereocenters. The molecular weight excluding hydrogens is 374 g/mol. The van der Waals surface area contributed by atoms with E-state index in [1.165, 1.54) is 10.5 Å². The van der Waals surface area contributed by atoms with E-state index in [1.54, 1.807) is 36.4 Å². The summed E-state index contributed by atoms with van der Waals surface area (Å²) in [7, 11) is 0. The Labute approximate surface area is 168 Å². The number of hydrogen-bond donors (Lipinski definition) is 2. The number of rotatable bonds is 6. The van der Waals surface area contributed by atoms with Gasteiger partial charge < -0.3 is 9.47 Å². The lowest BCUT2D eigenvalue weighted by atomic mass is 10.2. The number of fused-ring (bicyclic) bond motifs is 1. The molecule has 0 aliphatic carbocycles. The van der Waals surface area contributed by atoms with Gasteiger partial charge in [-0.1, -0.05) is 31.2 Å². The zero-order valence-electron chi connectivity index (χ0n) is 16.1. The first-order valence-corrected chi connectivity index (χ1v) is 9.38. The third-order valence-corrected chi connectivity index (χ3v) is 4.38. The Morgan fingerprint density at radius 3 is 2.55 bits per heavy atom. The highest BCUT2D eigenvalue weighted by atomic mass is 16.5. The number of amides is 3. The number of benzene rings is 2. The molecule has 0 saturated carbocycles. The normalized spacial score (nSPS) is 13.0. The SMILES string of the molecule is CCc1ccc(OCC(=O)NNC(=O)CN2C(=O)CCOc3ccccc32)cc1. The molecule has 3 rings (SSSR count). The molecular formula is C21H23N3O5. The topological polar surface area (TPSA) is 97.0 Å². The molecule has 0 radical (unpaired) electrons. The molecule has 0 spiro atoms. The number of ether oxygens (including phenoxy) is 2. The monoisotopic (exact) mass is 397 g/mol. The van der Waals surface area contributed by atoms with E-state index in [-0.39, 0.29) is 32.1 Å². The van der Waals surface area contributed by atoms with Crippen LogP contribution in [-0.4, -0.2) is 37.5 Å². The fourth-order valence-corrected chi connectivity index (χ4v) is 2.82. The number of hydrogen-bond acceptors (Lipinski definition) is 5. The van der Waals surface area contributed by atoms with Crippen LogP contribution in [0, 0.1) is 0 Å². The summed E-state index contributed by atoms with van der Waals surface area (Å²) in [6.07, 6.45) is 1.09. The minimum absolute atomic E-state index is 0.166. The van der Waals surface area contributed by atoms with Gasteiger partial charge >= 0.3 is 0 Å². The van der Waals surface area contributed by atoms with E-state index >= 15 is 0 Å². The lowest BCUT2D eigenvalue weighted by Crippen LogP contribution is -2.48. The molecule has 152 valence electrons. The van der Waals surface area contributed by atoms with Crippen molar-refractivity contribution in [1.29, 1.82) is 0 Å². The quantitative estimate of drug-likeness (QED) is 0.722. The number of aryl methyl sites for hydroxylation is 1. The van der Waals surface area contributed by atoms with E-state index in [0.29, 0.717) is 17.2 Å². The van der Waals surface area contributed by atoms with Crippen LogP contribution < -0.4 is 25.2 Å². The van der Waals surface area contributed by atoms with Crippen molar-refractivity contribution in [3.05, 3.63) is 54.1 Å². The van der Waals surface area contributed by atoms with Crippen LogP contribution in [0.1, 0.15) is 18.9 Å². The van der Waals surface area contributed by atoms with Gasteiger partial charge in [0.05, 0.1) is 18.7 Å². The fourth-order valence-electron chi connectivity index (χ4n) is 2.82. The summed E-state index contributed by atoms with van der Waals surface area (Å²) in [5.41, 5.74) is 6.28. The molecule has 0 bridgehead atoms. The molecule has 3 amide bonds. The zero-order valence-corrected chi connectivity index (χ0v) is 16.1. The van der Waals surface area contributed by atoms with Crippen LogP contribution in [0.3, 0.4) is 0 Å². The Bertz CT molecular complexity index is 882. The third-order valence-electron chi connectivity index (χ3n) is 4.38. The Balaban J connectivity index is 1.48. The first-order chi connectivity index (χ1) is 14.1. The van der Waals surface area contributed by atoms with Gasteiger partial charge in [0.15, 0.2) is 6.61 Å². The maximum absolute atomic E-state index is 12.3. The smallest absolute Gasteiger partial charge is 0.276 e. The van der Waals surface area contributed by atoms with Crippen molar-refractivity contribution in [3.63, 3.8) is 0 Å². The van der Waals surface area contributed by atoms with Crippen molar-refractivity contribution in [2.24, 2.45) is 0 Å². The number of hydrazine groups is 1. The highest BCUT2D eigenvalue weighted by Gasteiger charge is 2.25. The largest absolute Gasteiger partial charge is 0.491 e. The standard InChI is InChI=1S/C21H23N3O5/c1-2-15-7-9-16(10-8-15)29-14-20(26)23-22-19(25)13-24-17-5-3-4-6-18(17)28-12-11-21(24)27/h3-10H,2,11-14H2,1H3,(H,22,25)(H,23,26). The summed E-state index contributed by atoms with van der Waals surface area (Å²) < 4.78 is 10.9. The van der Waals surface area contributed by atoms with E-state index in [4.69, 9.17) is 9.47 Å². The highest BCUT2D eigenvalue weighted by molar-refractivity contribution is 6.00. The molecule has 0 fully saturated rings. The van der Waals surface area contributed by atoms with Gasteiger partial charge in [0, 0.05) is 0 Å². The van der Waals surface area contributed by atoms with Crippen LogP contribution in [0.25, 0.3) is 0 Å². The van der Waals surface area contributed by atoms with Gasteiger partial charge in [0.2, 0.25) is 5.91 Å². The number of anilines is 1. The number of carbonyl (C=O) groups is 3. The second-order valence-electron chi connectivity index (χ2n) is 6.43. The van der Waals surface area contributed by atoms with Crippen LogP contribution in [0.2, 0.25) is 0 Å². The van der Waals surface area contributed by atoms with Crippen molar-refractivity contribution in [3.8, 4) is 11.5 Å². The van der Waals surface area contributed by atoms with Crippen LogP contribution >= 0.6 is 0 Å². The maximum Gasteiger partial charge on any atom is 0.276 e. The van der Waals surface area contributed by atoms with Crippen molar-refractivity contribution >= 4 is 23.4 Å². The molecule has 1 aliphatic heterocycles. The van der Waals surface area contributed by atoms with E-state index in [9.17, 15) is 14.4 Å². The van der Waals surface area contributed by atoms with Crippen LogP contribution in [0.4, 0.5) is 5.69 Å². The molecule has 0 aromatic heterocycles. The van der Waals surface area contributed by atoms with Crippen molar-refractivity contribution in [1.82, 2.24) is 10.9 Å². The maximum atomic E-state index is 12.3. The third kappa shape index (κ3) is 5.47. The molecule has 8 nitrogen and oxygen atoms in total. The van der Waals surface area contributed by atoms with Crippen LogP contribution in [0.5, 0.6) is 11.5 Å². The summed E-state index contributed by atoms with van der Waals surface area (Å²) in [6.45, 7) is 1.82. The minimum Gasteiger partial charge on any atom is -0.491 e. The zero-order chi connectivity index (χ0) is 20.6. The number of carbonyl (C=O) groups excluding carboxylic acids is 3. The summed E-state index contributed by atoms with van der Waals surface area (Å²) in [5.74, 6) is -0.164. The van der Waals surface area contributed by atoms with Crippen LogP contribution in [-0.2, 0) is 20.8 Å². The Morgan fingerprint density at radius 2 is 1.79 bits per heavy atom. The number of nitrogens with zero attached hydrogens (tertiary/aromatic N) is 1. The predicted molar refractivity (Wildman–Crippen MR) is 107 cm³/mol. The van der Waals surface area contributed by atoms with E-state index < -0.39 is 11.8 Å². The van der Waals surface area contributed by atoms with E-state index in [1.807, 2.05) is 12.1 Å². The van der Waals surface area contributed by atoms with Crippen molar-refractivity contribution < 1.29 is 23.9 Å². The molecule has 0 saturated heterocycles.